The summed E-state index contributed by atoms with van der Waals surface area (Å²) in [6.07, 6.45) is 6.36. The van der Waals surface area contributed by atoms with Crippen molar-refractivity contribution in [1.82, 2.24) is 29.9 Å². The highest BCUT2D eigenvalue weighted by molar-refractivity contribution is 7.88. The predicted octanol–water partition coefficient (Wildman–Crippen LogP) is 5.33. The predicted molar refractivity (Wildman–Crippen MR) is 146 cm³/mol. The number of pyridine rings is 2. The van der Waals surface area contributed by atoms with Crippen LogP contribution in [0, 0.1) is 12.7 Å². The molecule has 0 atom stereocenters. The van der Waals surface area contributed by atoms with Crippen LogP contribution in [-0.2, 0) is 16.6 Å². The van der Waals surface area contributed by atoms with E-state index in [2.05, 4.69) is 42.9 Å². The zero-order valence-electron chi connectivity index (χ0n) is 20.6. The van der Waals surface area contributed by atoms with Crippen molar-refractivity contribution in [2.45, 2.75) is 13.5 Å². The number of sulfonamides is 1. The van der Waals surface area contributed by atoms with Crippen LogP contribution in [0.15, 0.2) is 73.2 Å². The van der Waals surface area contributed by atoms with Gasteiger partial charge >= 0.3 is 0 Å². The summed E-state index contributed by atoms with van der Waals surface area (Å²) in [5.74, 6) is -0.473. The van der Waals surface area contributed by atoms with Crippen molar-refractivity contribution in [3.8, 4) is 33.8 Å². The first-order chi connectivity index (χ1) is 18.2. The smallest absolute Gasteiger partial charge is 0.209 e. The molecule has 0 fully saturated rings. The monoisotopic (exact) mass is 526 g/mol. The van der Waals surface area contributed by atoms with Crippen molar-refractivity contribution in [2.24, 2.45) is 0 Å². The topological polar surface area (TPSA) is 116 Å². The van der Waals surface area contributed by atoms with Crippen molar-refractivity contribution in [3.63, 3.8) is 0 Å². The van der Waals surface area contributed by atoms with E-state index in [0.717, 1.165) is 56.1 Å². The molecule has 3 N–H and O–H groups in total. The summed E-state index contributed by atoms with van der Waals surface area (Å²) in [5, 5.41) is 9.43. The Morgan fingerprint density at radius 3 is 2.58 bits per heavy atom. The van der Waals surface area contributed by atoms with Crippen LogP contribution in [0.4, 0.5) is 4.39 Å². The summed E-state index contributed by atoms with van der Waals surface area (Å²) in [6.45, 7) is 2.04. The molecule has 0 unspecified atom stereocenters. The molecule has 0 aliphatic carbocycles. The van der Waals surface area contributed by atoms with Crippen LogP contribution in [0.2, 0.25) is 0 Å². The Morgan fingerprint density at radius 2 is 1.76 bits per heavy atom. The number of nitrogens with zero attached hydrogens (tertiary/aromatic N) is 3. The van der Waals surface area contributed by atoms with Crippen molar-refractivity contribution in [3.05, 3.63) is 90.1 Å². The Morgan fingerprint density at radius 1 is 0.921 bits per heavy atom. The Balaban J connectivity index is 1.44. The second-order valence-electron chi connectivity index (χ2n) is 9.27. The van der Waals surface area contributed by atoms with E-state index in [9.17, 15) is 12.8 Å². The normalized spacial score (nSPS) is 12.0. The minimum Gasteiger partial charge on any atom is -0.353 e. The summed E-state index contributed by atoms with van der Waals surface area (Å²) in [5.41, 5.74) is 8.11. The van der Waals surface area contributed by atoms with E-state index < -0.39 is 15.8 Å². The molecule has 10 heteroatoms. The van der Waals surface area contributed by atoms with E-state index in [1.54, 1.807) is 18.5 Å². The van der Waals surface area contributed by atoms with Crippen LogP contribution < -0.4 is 4.72 Å². The molecule has 190 valence electrons. The van der Waals surface area contributed by atoms with Crippen LogP contribution in [0.3, 0.4) is 0 Å². The highest BCUT2D eigenvalue weighted by Crippen LogP contribution is 2.35. The molecule has 0 spiro atoms. The number of aromatic amines is 2. The lowest BCUT2D eigenvalue weighted by Crippen LogP contribution is -2.21. The van der Waals surface area contributed by atoms with Crippen molar-refractivity contribution < 1.29 is 12.8 Å². The van der Waals surface area contributed by atoms with Crippen molar-refractivity contribution >= 4 is 31.8 Å². The number of H-pyrrole nitrogens is 2. The Kier molecular flexibility index (Phi) is 5.77. The fraction of sp³-hybridized carbons (Fsp3) is 0.107. The zero-order valence-corrected chi connectivity index (χ0v) is 21.4. The number of aromatic nitrogens is 5. The van der Waals surface area contributed by atoms with Gasteiger partial charge in [-0.15, -0.1) is 0 Å². The molecule has 4 aromatic heterocycles. The lowest BCUT2D eigenvalue weighted by molar-refractivity contribution is 0.586. The second-order valence-corrected chi connectivity index (χ2v) is 11.1. The first kappa shape index (κ1) is 24.0. The van der Waals surface area contributed by atoms with Crippen LogP contribution >= 0.6 is 0 Å². The highest BCUT2D eigenvalue weighted by Gasteiger charge is 2.16. The van der Waals surface area contributed by atoms with Crippen LogP contribution in [0.1, 0.15) is 11.1 Å². The molecule has 8 nitrogen and oxygen atoms in total. The minimum absolute atomic E-state index is 0.0179. The Hall–Kier alpha value is -4.41. The molecule has 0 amide bonds. The average Bonchev–Trinajstić information content (AvgIpc) is 3.50. The molecule has 0 saturated carbocycles. The summed E-state index contributed by atoms with van der Waals surface area (Å²) in [4.78, 5) is 12.2. The summed E-state index contributed by atoms with van der Waals surface area (Å²) in [6, 6.07) is 16.4. The van der Waals surface area contributed by atoms with Gasteiger partial charge in [0.25, 0.3) is 0 Å². The number of rotatable bonds is 6. The lowest BCUT2D eigenvalue weighted by Gasteiger charge is -2.08. The van der Waals surface area contributed by atoms with E-state index in [1.807, 2.05) is 36.5 Å². The summed E-state index contributed by atoms with van der Waals surface area (Å²) >= 11 is 0. The Labute approximate surface area is 218 Å². The number of fused-ring (bicyclic) bond motifs is 2. The van der Waals surface area contributed by atoms with E-state index in [4.69, 9.17) is 0 Å². The average molecular weight is 527 g/mol. The van der Waals surface area contributed by atoms with E-state index in [-0.39, 0.29) is 6.54 Å². The van der Waals surface area contributed by atoms with Gasteiger partial charge in [0.1, 0.15) is 11.5 Å². The number of nitrogens with one attached hydrogen (secondary N) is 3. The first-order valence-electron chi connectivity index (χ1n) is 11.9. The van der Waals surface area contributed by atoms with Gasteiger partial charge in [-0.05, 0) is 72.1 Å². The van der Waals surface area contributed by atoms with Gasteiger partial charge in [-0.3, -0.25) is 15.1 Å². The standard InChI is InChI=1S/C28H23FN6O2S/c1-16-5-7-30-15-23(16)18-3-4-25-21(12-18)28(35-34-25)26-13-22-24(33-26)6-8-31-27(22)19-9-17(10-20(29)11-19)14-32-38(2,36)37/h3-13,15,32-33H,14H2,1-2H3,(H,34,35). The molecule has 38 heavy (non-hydrogen) atoms. The van der Waals surface area contributed by atoms with Crippen LogP contribution in [0.25, 0.3) is 55.6 Å². The number of hydrogen-bond donors (Lipinski definition) is 3. The fourth-order valence-electron chi connectivity index (χ4n) is 4.67. The number of benzene rings is 2. The van der Waals surface area contributed by atoms with Gasteiger partial charge in [0, 0.05) is 52.6 Å². The second kappa shape index (κ2) is 9.16. The number of hydrogen-bond acceptors (Lipinski definition) is 5. The highest BCUT2D eigenvalue weighted by atomic mass is 32.2. The van der Waals surface area contributed by atoms with Gasteiger partial charge in [-0.25, -0.2) is 17.5 Å². The largest absolute Gasteiger partial charge is 0.353 e. The minimum atomic E-state index is -3.42. The molecule has 0 aliphatic rings. The van der Waals surface area contributed by atoms with Gasteiger partial charge in [0.15, 0.2) is 0 Å². The maximum absolute atomic E-state index is 14.5. The van der Waals surface area contributed by atoms with E-state index in [0.29, 0.717) is 16.8 Å². The molecular weight excluding hydrogens is 503 g/mol. The zero-order chi connectivity index (χ0) is 26.4. The molecule has 0 bridgehead atoms. The van der Waals surface area contributed by atoms with Gasteiger partial charge in [0.2, 0.25) is 10.0 Å². The number of halogens is 1. The molecule has 0 saturated heterocycles. The van der Waals surface area contributed by atoms with Crippen LogP contribution in [-0.4, -0.2) is 39.8 Å². The quantitative estimate of drug-likeness (QED) is 0.271. The lowest BCUT2D eigenvalue weighted by atomic mass is 10.0. The number of aryl methyl sites for hydroxylation is 1. The molecule has 0 aliphatic heterocycles. The molecule has 6 aromatic rings. The third-order valence-electron chi connectivity index (χ3n) is 6.49. The molecule has 4 heterocycles. The van der Waals surface area contributed by atoms with Gasteiger partial charge in [-0.1, -0.05) is 6.07 Å². The first-order valence-corrected chi connectivity index (χ1v) is 13.8. The third kappa shape index (κ3) is 4.55. The molecular formula is C28H23FN6O2S. The van der Waals surface area contributed by atoms with Gasteiger partial charge in [0.05, 0.1) is 23.2 Å². The molecule has 2 aromatic carbocycles. The fourth-order valence-corrected chi connectivity index (χ4v) is 5.10. The summed E-state index contributed by atoms with van der Waals surface area (Å²) < 4.78 is 39.9. The van der Waals surface area contributed by atoms with Gasteiger partial charge < -0.3 is 4.98 Å². The maximum Gasteiger partial charge on any atom is 0.209 e. The Bertz CT molecular complexity index is 1940. The van der Waals surface area contributed by atoms with E-state index >= 15 is 0 Å². The maximum atomic E-state index is 14.5. The van der Waals surface area contributed by atoms with Crippen molar-refractivity contribution in [1.29, 1.82) is 0 Å². The third-order valence-corrected chi connectivity index (χ3v) is 7.15. The SMILES string of the molecule is Cc1ccncc1-c1ccc2[nH]nc(-c3cc4c(-c5cc(F)cc(CNS(C)(=O)=O)c5)nccc4[nH]3)c2c1. The summed E-state index contributed by atoms with van der Waals surface area (Å²) in [7, 11) is -3.42. The molecule has 0 radical (unpaired) electrons. The van der Waals surface area contributed by atoms with E-state index in [1.165, 1.54) is 12.1 Å². The van der Waals surface area contributed by atoms with Crippen LogP contribution in [0.5, 0.6) is 0 Å². The van der Waals surface area contributed by atoms with Crippen molar-refractivity contribution in [2.75, 3.05) is 6.26 Å². The molecule has 6 rings (SSSR count). The van der Waals surface area contributed by atoms with Gasteiger partial charge in [-0.2, -0.15) is 5.10 Å².